The van der Waals surface area contributed by atoms with Gasteiger partial charge >= 0.3 is 0 Å². The minimum atomic E-state index is -0.171. The number of anilines is 2. The van der Waals surface area contributed by atoms with Crippen LogP contribution in [-0.2, 0) is 0 Å². The van der Waals surface area contributed by atoms with E-state index in [2.05, 4.69) is 27.5 Å². The first-order valence-corrected chi connectivity index (χ1v) is 7.27. The lowest BCUT2D eigenvalue weighted by atomic mass is 9.86. The van der Waals surface area contributed by atoms with E-state index in [9.17, 15) is 5.11 Å². The zero-order valence-corrected chi connectivity index (χ0v) is 11.6. The Labute approximate surface area is 114 Å². The van der Waals surface area contributed by atoms with Gasteiger partial charge in [0, 0.05) is 19.0 Å². The Morgan fingerprint density at radius 2 is 1.95 bits per heavy atom. The number of aliphatic hydroxyl groups is 1. The maximum Gasteiger partial charge on any atom is 0.146 e. The average Bonchev–Trinajstić information content (AvgIpc) is 2.45. The van der Waals surface area contributed by atoms with Crippen molar-refractivity contribution in [2.75, 3.05) is 23.7 Å². The van der Waals surface area contributed by atoms with E-state index >= 15 is 0 Å². The molecule has 1 saturated carbocycles. The number of hydrogen-bond donors (Lipinski definition) is 3. The smallest absolute Gasteiger partial charge is 0.146 e. The topological polar surface area (TPSA) is 70.1 Å². The Morgan fingerprint density at radius 1 is 1.21 bits per heavy atom. The first-order chi connectivity index (χ1) is 9.29. The minimum Gasteiger partial charge on any atom is -0.393 e. The quantitative estimate of drug-likeness (QED) is 0.735. The monoisotopic (exact) mass is 264 g/mol. The zero-order chi connectivity index (χ0) is 13.5. The molecule has 3 N–H and O–H groups in total. The predicted octanol–water partition coefficient (Wildman–Crippen LogP) is 2.26. The molecule has 19 heavy (non-hydrogen) atoms. The van der Waals surface area contributed by atoms with E-state index < -0.39 is 0 Å². The van der Waals surface area contributed by atoms with Gasteiger partial charge in [-0.1, -0.05) is 19.8 Å². The third-order valence-electron chi connectivity index (χ3n) is 3.60. The van der Waals surface area contributed by atoms with Gasteiger partial charge in [-0.2, -0.15) is 0 Å². The second kappa shape index (κ2) is 7.28. The molecule has 0 bridgehead atoms. The largest absolute Gasteiger partial charge is 0.393 e. The summed E-state index contributed by atoms with van der Waals surface area (Å²) in [7, 11) is 0. The molecule has 0 radical (unpaired) electrons. The van der Waals surface area contributed by atoms with Crippen LogP contribution in [0.5, 0.6) is 0 Å². The molecule has 1 aromatic rings. The van der Waals surface area contributed by atoms with Gasteiger partial charge < -0.3 is 15.7 Å². The van der Waals surface area contributed by atoms with Gasteiger partial charge in [-0.15, -0.1) is 0 Å². The fourth-order valence-corrected chi connectivity index (χ4v) is 2.45. The van der Waals surface area contributed by atoms with Crippen LogP contribution in [0.3, 0.4) is 0 Å². The van der Waals surface area contributed by atoms with Crippen molar-refractivity contribution in [2.24, 2.45) is 5.92 Å². The van der Waals surface area contributed by atoms with E-state index in [-0.39, 0.29) is 6.10 Å². The van der Waals surface area contributed by atoms with Crippen molar-refractivity contribution >= 4 is 11.6 Å². The summed E-state index contributed by atoms with van der Waals surface area (Å²) in [5, 5.41) is 16.4. The Balaban J connectivity index is 1.84. The summed E-state index contributed by atoms with van der Waals surface area (Å²) in [6.07, 6.45) is 8.73. The molecule has 1 heterocycles. The van der Waals surface area contributed by atoms with E-state index in [4.69, 9.17) is 0 Å². The number of aliphatic hydroxyl groups excluding tert-OH is 1. The molecule has 0 amide bonds. The molecule has 2 atom stereocenters. The van der Waals surface area contributed by atoms with Crippen molar-refractivity contribution < 1.29 is 5.11 Å². The second-order valence-electron chi connectivity index (χ2n) is 5.21. The van der Waals surface area contributed by atoms with E-state index in [0.717, 1.165) is 50.4 Å². The molecule has 1 aromatic heterocycles. The van der Waals surface area contributed by atoms with Crippen LogP contribution in [0.4, 0.5) is 11.6 Å². The molecular formula is C14H24N4O. The number of hydrogen-bond acceptors (Lipinski definition) is 5. The lowest BCUT2D eigenvalue weighted by Gasteiger charge is -2.27. The molecule has 5 nitrogen and oxygen atoms in total. The normalized spacial score (nSPS) is 23.1. The zero-order valence-electron chi connectivity index (χ0n) is 11.6. The molecule has 0 aromatic carbocycles. The lowest BCUT2D eigenvalue weighted by molar-refractivity contribution is 0.0763. The maximum atomic E-state index is 9.93. The number of rotatable bonds is 6. The second-order valence-corrected chi connectivity index (χ2v) is 5.21. The first-order valence-electron chi connectivity index (χ1n) is 7.27. The first kappa shape index (κ1) is 14.1. The van der Waals surface area contributed by atoms with Crippen molar-refractivity contribution in [1.82, 2.24) is 9.97 Å². The summed E-state index contributed by atoms with van der Waals surface area (Å²) in [5.41, 5.74) is 0. The fourth-order valence-electron chi connectivity index (χ4n) is 2.45. The number of aromatic nitrogens is 2. The predicted molar refractivity (Wildman–Crippen MR) is 77.3 cm³/mol. The summed E-state index contributed by atoms with van der Waals surface area (Å²) < 4.78 is 0. The molecule has 2 rings (SSSR count). The van der Waals surface area contributed by atoms with Gasteiger partial charge in [-0.05, 0) is 19.3 Å². The highest BCUT2D eigenvalue weighted by atomic mass is 16.3. The van der Waals surface area contributed by atoms with Crippen molar-refractivity contribution in [2.45, 2.75) is 45.1 Å². The average molecular weight is 264 g/mol. The standard InChI is InChI=1S/C14H24N4O/c1-2-7-16-13-9-15-10-14(18-13)17-8-11-5-3-4-6-12(11)19/h9-12,19H,2-8H2,1H3,(H2,16,17,18). The van der Waals surface area contributed by atoms with Crippen LogP contribution in [0, 0.1) is 5.92 Å². The molecule has 1 fully saturated rings. The fraction of sp³-hybridized carbons (Fsp3) is 0.714. The van der Waals surface area contributed by atoms with Crippen LogP contribution in [0.15, 0.2) is 12.4 Å². The Hall–Kier alpha value is -1.36. The SMILES string of the molecule is CCCNc1cncc(NCC2CCCCC2O)n1. The van der Waals surface area contributed by atoms with Gasteiger partial charge in [0.15, 0.2) is 0 Å². The third kappa shape index (κ3) is 4.35. The van der Waals surface area contributed by atoms with E-state index in [1.807, 2.05) is 0 Å². The lowest BCUT2D eigenvalue weighted by Crippen LogP contribution is -2.30. The van der Waals surface area contributed by atoms with E-state index in [1.54, 1.807) is 12.4 Å². The van der Waals surface area contributed by atoms with E-state index in [1.165, 1.54) is 6.42 Å². The Bertz CT molecular complexity index is 385. The molecule has 106 valence electrons. The van der Waals surface area contributed by atoms with E-state index in [0.29, 0.717) is 5.92 Å². The van der Waals surface area contributed by atoms with Gasteiger partial charge in [-0.25, -0.2) is 4.98 Å². The van der Waals surface area contributed by atoms with Gasteiger partial charge in [0.05, 0.1) is 18.5 Å². The van der Waals surface area contributed by atoms with Crippen LogP contribution in [0.1, 0.15) is 39.0 Å². The van der Waals surface area contributed by atoms with Crippen molar-refractivity contribution in [3.05, 3.63) is 12.4 Å². The molecule has 1 aliphatic rings. The number of nitrogens with zero attached hydrogens (tertiary/aromatic N) is 2. The molecule has 0 spiro atoms. The molecule has 2 unspecified atom stereocenters. The summed E-state index contributed by atoms with van der Waals surface area (Å²) in [6, 6.07) is 0. The molecule has 0 saturated heterocycles. The summed E-state index contributed by atoms with van der Waals surface area (Å²) in [5.74, 6) is 1.91. The van der Waals surface area contributed by atoms with Gasteiger partial charge in [0.25, 0.3) is 0 Å². The van der Waals surface area contributed by atoms with Crippen molar-refractivity contribution in [3.8, 4) is 0 Å². The molecule has 1 aliphatic carbocycles. The summed E-state index contributed by atoms with van der Waals surface area (Å²) in [6.45, 7) is 3.79. The summed E-state index contributed by atoms with van der Waals surface area (Å²) in [4.78, 5) is 8.62. The highest BCUT2D eigenvalue weighted by Gasteiger charge is 2.22. The molecule has 0 aliphatic heterocycles. The Morgan fingerprint density at radius 3 is 2.68 bits per heavy atom. The van der Waals surface area contributed by atoms with Gasteiger partial charge in [-0.3, -0.25) is 4.98 Å². The number of nitrogens with one attached hydrogen (secondary N) is 2. The van der Waals surface area contributed by atoms with Crippen LogP contribution >= 0.6 is 0 Å². The molecule has 5 heteroatoms. The Kier molecular flexibility index (Phi) is 5.39. The van der Waals surface area contributed by atoms with Crippen LogP contribution in [0.25, 0.3) is 0 Å². The van der Waals surface area contributed by atoms with Gasteiger partial charge in [0.2, 0.25) is 0 Å². The third-order valence-corrected chi connectivity index (χ3v) is 3.60. The van der Waals surface area contributed by atoms with Gasteiger partial charge in [0.1, 0.15) is 11.6 Å². The van der Waals surface area contributed by atoms with Crippen LogP contribution in [0.2, 0.25) is 0 Å². The van der Waals surface area contributed by atoms with Crippen LogP contribution in [-0.4, -0.2) is 34.3 Å². The highest BCUT2D eigenvalue weighted by Crippen LogP contribution is 2.24. The van der Waals surface area contributed by atoms with Crippen molar-refractivity contribution in [1.29, 1.82) is 0 Å². The minimum absolute atomic E-state index is 0.171. The highest BCUT2D eigenvalue weighted by molar-refractivity contribution is 5.41. The van der Waals surface area contributed by atoms with Crippen LogP contribution < -0.4 is 10.6 Å². The van der Waals surface area contributed by atoms with Crippen molar-refractivity contribution in [3.63, 3.8) is 0 Å². The maximum absolute atomic E-state index is 9.93. The molecular weight excluding hydrogens is 240 g/mol. The summed E-state index contributed by atoms with van der Waals surface area (Å²) >= 11 is 0.